The molecule has 0 aliphatic carbocycles. The van der Waals surface area contributed by atoms with Crippen LogP contribution in [0.4, 0.5) is 0 Å². The van der Waals surface area contributed by atoms with Crippen LogP contribution in [0, 0.1) is 0 Å². The molecule has 0 radical (unpaired) electrons. The van der Waals surface area contributed by atoms with E-state index in [9.17, 15) is 0 Å². The Balaban J connectivity index is 3.17. The molecule has 0 aromatic heterocycles. The minimum Gasteiger partial charge on any atom is -0.0930 e. The van der Waals surface area contributed by atoms with E-state index in [1.807, 2.05) is 6.92 Å². The van der Waals surface area contributed by atoms with Crippen molar-refractivity contribution in [3.8, 4) is 0 Å². The van der Waals surface area contributed by atoms with E-state index in [0.29, 0.717) is 0 Å². The summed E-state index contributed by atoms with van der Waals surface area (Å²) in [7, 11) is 0. The van der Waals surface area contributed by atoms with Gasteiger partial charge in [0.15, 0.2) is 0 Å². The quantitative estimate of drug-likeness (QED) is 0.523. The maximum atomic E-state index is 5.37. The molecule has 0 aliphatic heterocycles. The lowest BCUT2D eigenvalue weighted by atomic mass is 10.2. The minimum atomic E-state index is 1.13. The van der Waals surface area contributed by atoms with Crippen LogP contribution in [0.1, 0.15) is 26.7 Å². The first kappa shape index (κ1) is 7.03. The maximum absolute atomic E-state index is 5.37. The van der Waals surface area contributed by atoms with Crippen molar-refractivity contribution in [2.75, 3.05) is 0 Å². The van der Waals surface area contributed by atoms with Crippen LogP contribution in [-0.4, -0.2) is 0 Å². The summed E-state index contributed by atoms with van der Waals surface area (Å²) in [6.45, 7) is 4.18. The fourth-order valence-electron chi connectivity index (χ4n) is 0.449. The topological polar surface area (TPSA) is 0 Å². The van der Waals surface area contributed by atoms with Gasteiger partial charge in [-0.1, -0.05) is 30.5 Å². The monoisotopic (exact) mass is 118 g/mol. The van der Waals surface area contributed by atoms with E-state index in [0.717, 1.165) is 6.42 Å². The van der Waals surface area contributed by atoms with Crippen LogP contribution >= 0.6 is 11.6 Å². The van der Waals surface area contributed by atoms with Crippen LogP contribution < -0.4 is 0 Å². The van der Waals surface area contributed by atoms with Crippen molar-refractivity contribution in [2.24, 2.45) is 0 Å². The van der Waals surface area contributed by atoms with E-state index in [1.165, 1.54) is 12.0 Å². The average Bonchev–Trinajstić information content (AvgIpc) is 1.68. The summed E-state index contributed by atoms with van der Waals surface area (Å²) < 4.78 is 0. The van der Waals surface area contributed by atoms with Gasteiger partial charge in [0.2, 0.25) is 0 Å². The number of halogens is 1. The average molecular weight is 119 g/mol. The molecule has 0 atom stereocenters. The molecule has 0 amide bonds. The summed E-state index contributed by atoms with van der Waals surface area (Å²) >= 11 is 5.37. The summed E-state index contributed by atoms with van der Waals surface area (Å²) in [5.74, 6) is 0. The van der Waals surface area contributed by atoms with Gasteiger partial charge >= 0.3 is 0 Å². The molecule has 0 unspecified atom stereocenters. The van der Waals surface area contributed by atoms with Gasteiger partial charge in [-0.3, -0.25) is 0 Å². The Morgan fingerprint density at radius 2 is 2.29 bits per heavy atom. The van der Waals surface area contributed by atoms with E-state index in [-0.39, 0.29) is 0 Å². The van der Waals surface area contributed by atoms with E-state index < -0.39 is 0 Å². The number of allylic oxidation sites excluding steroid dienone is 1. The number of hydrogen-bond donors (Lipinski definition) is 0. The van der Waals surface area contributed by atoms with Crippen LogP contribution in [0.3, 0.4) is 0 Å². The molecule has 0 rings (SSSR count). The highest BCUT2D eigenvalue weighted by Gasteiger charge is 1.81. The lowest BCUT2D eigenvalue weighted by molar-refractivity contribution is 0.908. The van der Waals surface area contributed by atoms with Crippen molar-refractivity contribution in [2.45, 2.75) is 26.7 Å². The van der Waals surface area contributed by atoms with Crippen LogP contribution in [0.15, 0.2) is 11.1 Å². The largest absolute Gasteiger partial charge is 0.0930 e. The van der Waals surface area contributed by atoms with Gasteiger partial charge < -0.3 is 0 Å². The Hall–Kier alpha value is 0.0300. The summed E-state index contributed by atoms with van der Waals surface area (Å²) in [5.41, 5.74) is 2.91. The van der Waals surface area contributed by atoms with Crippen LogP contribution in [0.25, 0.3) is 0 Å². The molecule has 7 heavy (non-hydrogen) atoms. The number of rotatable bonds is 2. The fraction of sp³-hybridized carbons (Fsp3) is 0.667. The maximum Gasteiger partial charge on any atom is 0.00316 e. The zero-order valence-corrected chi connectivity index (χ0v) is 5.63. The van der Waals surface area contributed by atoms with E-state index in [2.05, 4.69) is 6.92 Å². The van der Waals surface area contributed by atoms with Crippen molar-refractivity contribution >= 4 is 11.6 Å². The van der Waals surface area contributed by atoms with Crippen molar-refractivity contribution in [1.82, 2.24) is 0 Å². The van der Waals surface area contributed by atoms with E-state index in [1.54, 1.807) is 5.54 Å². The van der Waals surface area contributed by atoms with Crippen LogP contribution in [0.5, 0.6) is 0 Å². The van der Waals surface area contributed by atoms with Crippen molar-refractivity contribution in [1.29, 1.82) is 0 Å². The molecule has 42 valence electrons. The third kappa shape index (κ3) is 3.87. The highest BCUT2D eigenvalue weighted by atomic mass is 35.5. The molecule has 0 saturated heterocycles. The minimum absolute atomic E-state index is 1.13. The predicted octanol–water partition coefficient (Wildman–Crippen LogP) is 2.93. The van der Waals surface area contributed by atoms with Gasteiger partial charge in [-0.05, 0) is 13.3 Å². The standard InChI is InChI=1S/C6H11Cl/c1-3-4-6(2)5-7/h5H,3-4H2,1-2H3/b6-5+. The molecule has 0 saturated carbocycles. The number of hydrogen-bond acceptors (Lipinski definition) is 0. The van der Waals surface area contributed by atoms with Crippen molar-refractivity contribution in [3.05, 3.63) is 11.1 Å². The molecule has 0 heterocycles. The van der Waals surface area contributed by atoms with Gasteiger partial charge in [-0.25, -0.2) is 0 Å². The molecule has 0 N–H and O–H groups in total. The SMILES string of the molecule is CCC/C(C)=C/Cl. The molecule has 0 fully saturated rings. The zero-order valence-electron chi connectivity index (χ0n) is 4.87. The Labute approximate surface area is 50.2 Å². The normalized spacial score (nSPS) is 12.1. The van der Waals surface area contributed by atoms with Gasteiger partial charge in [-0.2, -0.15) is 0 Å². The lowest BCUT2D eigenvalue weighted by Crippen LogP contribution is -1.69. The third-order valence-corrected chi connectivity index (χ3v) is 1.20. The zero-order chi connectivity index (χ0) is 5.70. The molecular weight excluding hydrogens is 108 g/mol. The second kappa shape index (κ2) is 4.20. The smallest absolute Gasteiger partial charge is 0.00316 e. The van der Waals surface area contributed by atoms with Crippen LogP contribution in [0.2, 0.25) is 0 Å². The Morgan fingerprint density at radius 1 is 1.71 bits per heavy atom. The third-order valence-electron chi connectivity index (χ3n) is 0.831. The molecule has 0 aliphatic rings. The predicted molar refractivity (Wildman–Crippen MR) is 34.5 cm³/mol. The van der Waals surface area contributed by atoms with Crippen molar-refractivity contribution in [3.63, 3.8) is 0 Å². The second-order valence-corrected chi connectivity index (χ2v) is 1.92. The molecule has 1 heteroatoms. The van der Waals surface area contributed by atoms with Gasteiger partial charge in [0.25, 0.3) is 0 Å². The summed E-state index contributed by atoms with van der Waals surface area (Å²) in [6.07, 6.45) is 2.32. The molecule has 0 bridgehead atoms. The summed E-state index contributed by atoms with van der Waals surface area (Å²) in [4.78, 5) is 0. The first-order chi connectivity index (χ1) is 3.31. The first-order valence-corrected chi connectivity index (χ1v) is 3.00. The highest BCUT2D eigenvalue weighted by Crippen LogP contribution is 2.02. The summed E-state index contributed by atoms with van der Waals surface area (Å²) in [5, 5.41) is 0. The lowest BCUT2D eigenvalue weighted by Gasteiger charge is -1.89. The molecular formula is C6H11Cl. The Bertz CT molecular complexity index is 64.6. The Kier molecular flexibility index (Phi) is 4.21. The molecule has 0 nitrogen and oxygen atoms in total. The van der Waals surface area contributed by atoms with Gasteiger partial charge in [0.05, 0.1) is 0 Å². The van der Waals surface area contributed by atoms with E-state index in [4.69, 9.17) is 11.6 Å². The van der Waals surface area contributed by atoms with Crippen molar-refractivity contribution < 1.29 is 0 Å². The van der Waals surface area contributed by atoms with Crippen LogP contribution in [-0.2, 0) is 0 Å². The van der Waals surface area contributed by atoms with Gasteiger partial charge in [0, 0.05) is 5.54 Å². The van der Waals surface area contributed by atoms with Gasteiger partial charge in [0.1, 0.15) is 0 Å². The summed E-state index contributed by atoms with van der Waals surface area (Å²) in [6, 6.07) is 0. The molecule has 0 aromatic carbocycles. The fourth-order valence-corrected chi connectivity index (χ4v) is 0.558. The van der Waals surface area contributed by atoms with Gasteiger partial charge in [-0.15, -0.1) is 0 Å². The molecule has 0 spiro atoms. The highest BCUT2D eigenvalue weighted by molar-refractivity contribution is 6.25. The first-order valence-electron chi connectivity index (χ1n) is 2.57. The second-order valence-electron chi connectivity index (χ2n) is 1.71. The molecule has 0 aromatic rings. The van der Waals surface area contributed by atoms with E-state index >= 15 is 0 Å². The Morgan fingerprint density at radius 3 is 2.43 bits per heavy atom.